The van der Waals surface area contributed by atoms with Crippen LogP contribution in [0.1, 0.15) is 32.1 Å². The Bertz CT molecular complexity index is 460. The van der Waals surface area contributed by atoms with Gasteiger partial charge in [-0.15, -0.1) is 0 Å². The molecule has 1 aliphatic heterocycles. The molecule has 1 saturated carbocycles. The normalized spacial score (nSPS) is 25.2. The zero-order valence-corrected chi connectivity index (χ0v) is 12.4. The van der Waals surface area contributed by atoms with Gasteiger partial charge in [-0.25, -0.2) is 0 Å². The van der Waals surface area contributed by atoms with E-state index < -0.39 is 0 Å². The van der Waals surface area contributed by atoms with Crippen LogP contribution in [0.5, 0.6) is 5.75 Å². The lowest BCUT2D eigenvalue weighted by atomic mass is 9.90. The first-order valence-corrected chi connectivity index (χ1v) is 7.93. The number of hydrogen-bond acceptors (Lipinski definition) is 3. The molecule has 0 aromatic heterocycles. The van der Waals surface area contributed by atoms with Gasteiger partial charge in [0.25, 0.3) is 0 Å². The van der Waals surface area contributed by atoms with E-state index in [1.165, 1.54) is 12.8 Å². The van der Waals surface area contributed by atoms with Gasteiger partial charge in [0.15, 0.2) is 0 Å². The number of ether oxygens (including phenoxy) is 2. The maximum absolute atomic E-state index is 12.4. The minimum atomic E-state index is 0.200. The predicted octanol–water partition coefficient (Wildman–Crippen LogP) is 2.63. The van der Waals surface area contributed by atoms with Gasteiger partial charge in [0, 0.05) is 6.54 Å². The summed E-state index contributed by atoms with van der Waals surface area (Å²) in [5.41, 5.74) is 0. The predicted molar refractivity (Wildman–Crippen MR) is 80.3 cm³/mol. The average Bonchev–Trinajstić information content (AvgIpc) is 2.55. The second kappa shape index (κ2) is 6.94. The van der Waals surface area contributed by atoms with Crippen molar-refractivity contribution in [3.05, 3.63) is 30.3 Å². The van der Waals surface area contributed by atoms with Crippen molar-refractivity contribution in [2.45, 2.75) is 44.2 Å². The van der Waals surface area contributed by atoms with Crippen LogP contribution in [-0.4, -0.2) is 42.7 Å². The summed E-state index contributed by atoms with van der Waals surface area (Å²) in [6, 6.07) is 9.94. The van der Waals surface area contributed by atoms with Gasteiger partial charge in [0.2, 0.25) is 5.91 Å². The molecule has 0 N–H and O–H groups in total. The maximum atomic E-state index is 12.4. The van der Waals surface area contributed by atoms with Crippen LogP contribution in [0.25, 0.3) is 0 Å². The number of fused-ring (bicyclic) bond motifs is 1. The summed E-state index contributed by atoms with van der Waals surface area (Å²) in [6.07, 6.45) is 5.30. The highest BCUT2D eigenvalue weighted by atomic mass is 16.5. The third kappa shape index (κ3) is 3.56. The highest BCUT2D eigenvalue weighted by Crippen LogP contribution is 2.28. The third-order valence-electron chi connectivity index (χ3n) is 4.38. The zero-order chi connectivity index (χ0) is 14.5. The number of benzene rings is 1. The number of para-hydroxylation sites is 1. The van der Waals surface area contributed by atoms with Gasteiger partial charge in [-0.1, -0.05) is 31.0 Å². The van der Waals surface area contributed by atoms with Gasteiger partial charge in [-0.05, 0) is 25.0 Å². The number of carbonyl (C=O) groups excluding carboxylic acids is 1. The molecule has 2 fully saturated rings. The Morgan fingerprint density at radius 3 is 2.90 bits per heavy atom. The number of hydrogen-bond donors (Lipinski definition) is 0. The van der Waals surface area contributed by atoms with Crippen molar-refractivity contribution < 1.29 is 14.3 Å². The molecule has 0 bridgehead atoms. The zero-order valence-electron chi connectivity index (χ0n) is 12.4. The topological polar surface area (TPSA) is 38.8 Å². The molecule has 1 aromatic carbocycles. The molecule has 4 heteroatoms. The molecule has 1 aromatic rings. The van der Waals surface area contributed by atoms with Gasteiger partial charge in [0.05, 0.1) is 31.8 Å². The summed E-state index contributed by atoms with van der Waals surface area (Å²) in [5, 5.41) is 0. The standard InChI is InChI=1S/C17H23NO3/c19-17(10-12-20-14-6-2-1-3-7-14)18-11-13-21-16-9-5-4-8-15(16)18/h1-3,6-7,15-16H,4-5,8-13H2. The summed E-state index contributed by atoms with van der Waals surface area (Å²) >= 11 is 0. The molecule has 1 aliphatic carbocycles. The van der Waals surface area contributed by atoms with Crippen LogP contribution >= 0.6 is 0 Å². The highest BCUT2D eigenvalue weighted by molar-refractivity contribution is 5.76. The number of nitrogens with zero attached hydrogens (tertiary/aromatic N) is 1. The molecule has 114 valence electrons. The monoisotopic (exact) mass is 289 g/mol. The van der Waals surface area contributed by atoms with Crippen molar-refractivity contribution in [2.75, 3.05) is 19.8 Å². The van der Waals surface area contributed by atoms with Crippen molar-refractivity contribution >= 4 is 5.91 Å². The summed E-state index contributed by atoms with van der Waals surface area (Å²) in [4.78, 5) is 14.5. The molecule has 3 rings (SSSR count). The van der Waals surface area contributed by atoms with E-state index in [0.717, 1.165) is 25.1 Å². The summed E-state index contributed by atoms with van der Waals surface area (Å²) < 4.78 is 11.4. The van der Waals surface area contributed by atoms with E-state index in [1.54, 1.807) is 0 Å². The lowest BCUT2D eigenvalue weighted by Gasteiger charge is -2.43. The summed E-state index contributed by atoms with van der Waals surface area (Å²) in [5.74, 6) is 1.02. The largest absolute Gasteiger partial charge is 0.493 e. The number of carbonyl (C=O) groups is 1. The average molecular weight is 289 g/mol. The third-order valence-corrected chi connectivity index (χ3v) is 4.38. The Morgan fingerprint density at radius 1 is 1.24 bits per heavy atom. The minimum Gasteiger partial charge on any atom is -0.493 e. The quantitative estimate of drug-likeness (QED) is 0.855. The van der Waals surface area contributed by atoms with E-state index in [1.807, 2.05) is 35.2 Å². The first kappa shape index (κ1) is 14.4. The van der Waals surface area contributed by atoms with Crippen LogP contribution in [-0.2, 0) is 9.53 Å². The number of amides is 1. The Morgan fingerprint density at radius 2 is 2.05 bits per heavy atom. The minimum absolute atomic E-state index is 0.200. The van der Waals surface area contributed by atoms with Crippen molar-refractivity contribution in [1.82, 2.24) is 4.90 Å². The van der Waals surface area contributed by atoms with Crippen LogP contribution in [0.4, 0.5) is 0 Å². The van der Waals surface area contributed by atoms with Crippen LogP contribution in [0.15, 0.2) is 30.3 Å². The van der Waals surface area contributed by atoms with Crippen molar-refractivity contribution in [3.63, 3.8) is 0 Å². The van der Waals surface area contributed by atoms with Crippen molar-refractivity contribution in [1.29, 1.82) is 0 Å². The van der Waals surface area contributed by atoms with Crippen LogP contribution in [0.2, 0.25) is 0 Å². The molecule has 2 unspecified atom stereocenters. The molecule has 2 aliphatic rings. The van der Waals surface area contributed by atoms with Gasteiger partial charge in [-0.2, -0.15) is 0 Å². The van der Waals surface area contributed by atoms with Gasteiger partial charge in [-0.3, -0.25) is 4.79 Å². The first-order chi connectivity index (χ1) is 10.3. The fourth-order valence-electron chi connectivity index (χ4n) is 3.32. The summed E-state index contributed by atoms with van der Waals surface area (Å²) in [7, 11) is 0. The Hall–Kier alpha value is -1.55. The molecule has 2 atom stereocenters. The van der Waals surface area contributed by atoms with Crippen LogP contribution in [0, 0.1) is 0 Å². The van der Waals surface area contributed by atoms with E-state index >= 15 is 0 Å². The lowest BCUT2D eigenvalue weighted by molar-refractivity contribution is -0.150. The molecular formula is C17H23NO3. The fourth-order valence-corrected chi connectivity index (χ4v) is 3.32. The Labute approximate surface area is 126 Å². The molecular weight excluding hydrogens is 266 g/mol. The summed E-state index contributed by atoms with van der Waals surface area (Å²) in [6.45, 7) is 1.84. The molecule has 4 nitrogen and oxygen atoms in total. The van der Waals surface area contributed by atoms with Crippen molar-refractivity contribution in [2.24, 2.45) is 0 Å². The molecule has 21 heavy (non-hydrogen) atoms. The van der Waals surface area contributed by atoms with Gasteiger partial charge < -0.3 is 14.4 Å². The number of rotatable bonds is 4. The molecule has 0 radical (unpaired) electrons. The Kier molecular flexibility index (Phi) is 4.76. The lowest BCUT2D eigenvalue weighted by Crippen LogP contribution is -2.55. The van der Waals surface area contributed by atoms with E-state index in [-0.39, 0.29) is 18.1 Å². The maximum Gasteiger partial charge on any atom is 0.226 e. The van der Waals surface area contributed by atoms with E-state index in [0.29, 0.717) is 19.6 Å². The Balaban J connectivity index is 1.50. The molecule has 1 heterocycles. The van der Waals surface area contributed by atoms with Crippen LogP contribution in [0.3, 0.4) is 0 Å². The fraction of sp³-hybridized carbons (Fsp3) is 0.588. The van der Waals surface area contributed by atoms with E-state index in [4.69, 9.17) is 9.47 Å². The number of morpholine rings is 1. The van der Waals surface area contributed by atoms with E-state index in [9.17, 15) is 4.79 Å². The smallest absolute Gasteiger partial charge is 0.226 e. The van der Waals surface area contributed by atoms with E-state index in [2.05, 4.69) is 0 Å². The second-order valence-electron chi connectivity index (χ2n) is 5.76. The van der Waals surface area contributed by atoms with Gasteiger partial charge in [0.1, 0.15) is 5.75 Å². The second-order valence-corrected chi connectivity index (χ2v) is 5.76. The molecule has 1 amide bonds. The SMILES string of the molecule is O=C(CCOc1ccccc1)N1CCOC2CCCCC21. The first-order valence-electron chi connectivity index (χ1n) is 7.93. The highest BCUT2D eigenvalue weighted by Gasteiger charge is 2.36. The van der Waals surface area contributed by atoms with Gasteiger partial charge >= 0.3 is 0 Å². The molecule has 0 spiro atoms. The molecule has 1 saturated heterocycles. The van der Waals surface area contributed by atoms with Crippen LogP contribution < -0.4 is 4.74 Å². The van der Waals surface area contributed by atoms with Crippen molar-refractivity contribution in [3.8, 4) is 5.75 Å².